The Bertz CT molecular complexity index is 704. The average molecular weight is 243 g/mol. The maximum atomic E-state index is 10.9. The molecule has 1 aromatic carbocycles. The molecule has 2 aromatic rings. The van der Waals surface area contributed by atoms with Crippen LogP contribution in [0.4, 0.5) is 5.69 Å². The van der Waals surface area contributed by atoms with Crippen LogP contribution in [0.2, 0.25) is 0 Å². The van der Waals surface area contributed by atoms with Crippen molar-refractivity contribution in [3.63, 3.8) is 0 Å². The quantitative estimate of drug-likeness (QED) is 0.851. The molecule has 0 saturated carbocycles. The number of amides is 1. The zero-order valence-corrected chi connectivity index (χ0v) is 9.91. The number of hydrogen-bond acceptors (Lipinski definition) is 4. The molecule has 0 atom stereocenters. The van der Waals surface area contributed by atoms with Crippen LogP contribution in [0.25, 0.3) is 5.70 Å². The summed E-state index contributed by atoms with van der Waals surface area (Å²) in [6.45, 7) is 1.49. The van der Waals surface area contributed by atoms with E-state index in [1.165, 1.54) is 6.92 Å². The third kappa shape index (κ3) is 1.74. The molecule has 1 N–H and O–H groups in total. The number of benzene rings is 1. The first kappa shape index (κ1) is 10.2. The number of anilines is 1. The van der Waals surface area contributed by atoms with Crippen LogP contribution in [0.1, 0.15) is 11.9 Å². The van der Waals surface area contributed by atoms with Gasteiger partial charge in [0.15, 0.2) is 0 Å². The Kier molecular flexibility index (Phi) is 2.26. The van der Waals surface area contributed by atoms with Crippen LogP contribution < -0.4 is 15.9 Å². The second kappa shape index (κ2) is 3.78. The Balaban J connectivity index is 2.03. The molecule has 0 saturated heterocycles. The smallest absolute Gasteiger partial charge is 0.221 e. The number of hydrogen-bond donors (Lipinski definition) is 1. The Morgan fingerprint density at radius 2 is 2.29 bits per heavy atom. The second-order valence-electron chi connectivity index (χ2n) is 3.71. The minimum Gasteiger partial charge on any atom is -0.326 e. The number of nitrogens with zero attached hydrogens (tertiary/aromatic N) is 2. The molecule has 0 spiro atoms. The lowest BCUT2D eigenvalue weighted by Crippen LogP contribution is -2.35. The van der Waals surface area contributed by atoms with Gasteiger partial charge in [0.05, 0.1) is 5.36 Å². The highest BCUT2D eigenvalue weighted by atomic mass is 32.1. The first-order chi connectivity index (χ1) is 8.24. The molecular formula is C12H9N3OS. The normalized spacial score (nSPS) is 12.4. The van der Waals surface area contributed by atoms with E-state index in [1.54, 1.807) is 17.5 Å². The van der Waals surface area contributed by atoms with Gasteiger partial charge in [0, 0.05) is 29.4 Å². The van der Waals surface area contributed by atoms with Crippen molar-refractivity contribution in [2.24, 2.45) is 4.99 Å². The fourth-order valence-electron chi connectivity index (χ4n) is 1.74. The first-order valence-corrected chi connectivity index (χ1v) is 6.02. The van der Waals surface area contributed by atoms with E-state index in [9.17, 15) is 4.79 Å². The van der Waals surface area contributed by atoms with Crippen LogP contribution in [-0.4, -0.2) is 10.9 Å². The van der Waals surface area contributed by atoms with E-state index in [2.05, 4.69) is 15.3 Å². The zero-order valence-electron chi connectivity index (χ0n) is 9.10. The van der Waals surface area contributed by atoms with E-state index in [0.717, 1.165) is 27.0 Å². The van der Waals surface area contributed by atoms with Gasteiger partial charge in [0.25, 0.3) is 0 Å². The van der Waals surface area contributed by atoms with Crippen LogP contribution >= 0.6 is 11.3 Å². The number of aromatic nitrogens is 1. The fourth-order valence-corrected chi connectivity index (χ4v) is 2.38. The molecule has 1 aromatic heterocycles. The molecule has 4 nitrogen and oxygen atoms in total. The van der Waals surface area contributed by atoms with Gasteiger partial charge >= 0.3 is 0 Å². The van der Waals surface area contributed by atoms with Crippen molar-refractivity contribution in [2.45, 2.75) is 6.92 Å². The van der Waals surface area contributed by atoms with Gasteiger partial charge in [-0.05, 0) is 18.2 Å². The molecule has 1 amide bonds. The number of rotatable bonds is 2. The van der Waals surface area contributed by atoms with E-state index in [4.69, 9.17) is 0 Å². The highest BCUT2D eigenvalue weighted by Gasteiger charge is 2.12. The van der Waals surface area contributed by atoms with Gasteiger partial charge in [-0.3, -0.25) is 4.79 Å². The van der Waals surface area contributed by atoms with E-state index >= 15 is 0 Å². The van der Waals surface area contributed by atoms with Crippen LogP contribution in [-0.2, 0) is 4.79 Å². The summed E-state index contributed by atoms with van der Waals surface area (Å²) in [7, 11) is 0. The molecule has 84 valence electrons. The third-order valence-electron chi connectivity index (χ3n) is 2.44. The fraction of sp³-hybridized carbons (Fsp3) is 0.0833. The van der Waals surface area contributed by atoms with Crippen molar-refractivity contribution in [3.05, 3.63) is 45.4 Å². The van der Waals surface area contributed by atoms with E-state index in [0.29, 0.717) is 0 Å². The van der Waals surface area contributed by atoms with Gasteiger partial charge in [0.2, 0.25) is 5.91 Å². The topological polar surface area (TPSA) is 54.4 Å². The molecule has 3 rings (SSSR count). The average Bonchev–Trinajstić information content (AvgIpc) is 2.74. The first-order valence-electron chi connectivity index (χ1n) is 5.14. The third-order valence-corrected chi connectivity index (χ3v) is 3.22. The summed E-state index contributed by atoms with van der Waals surface area (Å²) in [5, 5.41) is 7.60. The SMILES string of the molecule is CC(=O)Nc1ccc2c(c1)=NC=2c1nccs1. The number of thiazole rings is 1. The summed E-state index contributed by atoms with van der Waals surface area (Å²) in [5.41, 5.74) is 1.71. The minimum atomic E-state index is -0.0756. The summed E-state index contributed by atoms with van der Waals surface area (Å²) in [6, 6.07) is 5.71. The molecule has 17 heavy (non-hydrogen) atoms. The Hall–Kier alpha value is -2.01. The Morgan fingerprint density at radius 1 is 1.41 bits per heavy atom. The van der Waals surface area contributed by atoms with Crippen molar-refractivity contribution >= 4 is 28.6 Å². The molecule has 0 bridgehead atoms. The van der Waals surface area contributed by atoms with Crippen molar-refractivity contribution < 1.29 is 4.79 Å². The number of carbonyl (C=O) groups is 1. The monoisotopic (exact) mass is 243 g/mol. The zero-order chi connectivity index (χ0) is 11.8. The lowest BCUT2D eigenvalue weighted by Gasteiger charge is -2.09. The van der Waals surface area contributed by atoms with Crippen molar-refractivity contribution in [1.29, 1.82) is 0 Å². The maximum absolute atomic E-state index is 10.9. The summed E-state index contributed by atoms with van der Waals surface area (Å²) in [6.07, 6.45) is 1.77. The van der Waals surface area contributed by atoms with Crippen molar-refractivity contribution in [2.75, 3.05) is 5.32 Å². The lowest BCUT2D eigenvalue weighted by atomic mass is 10.1. The summed E-state index contributed by atoms with van der Waals surface area (Å²) >= 11 is 1.57. The number of carbonyl (C=O) groups excluding carboxylic acids is 1. The van der Waals surface area contributed by atoms with Gasteiger partial charge in [0.1, 0.15) is 10.7 Å². The highest BCUT2D eigenvalue weighted by molar-refractivity contribution is 7.10. The van der Waals surface area contributed by atoms with Gasteiger partial charge in [-0.15, -0.1) is 11.3 Å². The summed E-state index contributed by atoms with van der Waals surface area (Å²) in [4.78, 5) is 19.6. The molecule has 0 fully saturated rings. The van der Waals surface area contributed by atoms with Crippen molar-refractivity contribution in [1.82, 2.24) is 4.98 Å². The lowest BCUT2D eigenvalue weighted by molar-refractivity contribution is -0.114. The molecule has 5 heteroatoms. The molecule has 0 aliphatic carbocycles. The van der Waals surface area contributed by atoms with E-state index < -0.39 is 0 Å². The largest absolute Gasteiger partial charge is 0.326 e. The molecule has 0 radical (unpaired) electrons. The van der Waals surface area contributed by atoms with Gasteiger partial charge in [-0.1, -0.05) is 0 Å². The second-order valence-corrected chi connectivity index (χ2v) is 4.61. The molecule has 0 unspecified atom stereocenters. The minimum absolute atomic E-state index is 0.0756. The van der Waals surface area contributed by atoms with Crippen molar-refractivity contribution in [3.8, 4) is 0 Å². The van der Waals surface area contributed by atoms with Gasteiger partial charge < -0.3 is 5.32 Å². The Morgan fingerprint density at radius 3 is 2.94 bits per heavy atom. The predicted molar refractivity (Wildman–Crippen MR) is 66.2 cm³/mol. The van der Waals surface area contributed by atoms with E-state index in [-0.39, 0.29) is 5.91 Å². The standard InChI is InChI=1S/C12H9N3OS/c1-7(16)14-8-2-3-9-10(6-8)15-11(9)12-13-4-5-17-12/h2-6H,1H3,(H,14,16). The Labute approximate surface area is 101 Å². The van der Waals surface area contributed by atoms with Crippen LogP contribution in [0.5, 0.6) is 0 Å². The molecule has 1 aliphatic rings. The maximum Gasteiger partial charge on any atom is 0.221 e. The predicted octanol–water partition coefficient (Wildman–Crippen LogP) is 0.891. The van der Waals surface area contributed by atoms with Crippen LogP contribution in [0.3, 0.4) is 0 Å². The number of fused-ring (bicyclic) bond motifs is 1. The van der Waals surface area contributed by atoms with Gasteiger partial charge in [-0.25, -0.2) is 9.98 Å². The van der Waals surface area contributed by atoms with Crippen LogP contribution in [0, 0.1) is 0 Å². The van der Waals surface area contributed by atoms with Crippen LogP contribution in [0.15, 0.2) is 34.8 Å². The molecular weight excluding hydrogens is 234 g/mol. The highest BCUT2D eigenvalue weighted by Crippen LogP contribution is 2.17. The van der Waals surface area contributed by atoms with E-state index in [1.807, 2.05) is 23.6 Å². The summed E-state index contributed by atoms with van der Waals surface area (Å²) < 4.78 is 0. The van der Waals surface area contributed by atoms with Gasteiger partial charge in [-0.2, -0.15) is 0 Å². The molecule has 1 aliphatic heterocycles. The number of nitrogens with one attached hydrogen (secondary N) is 1. The molecule has 2 heterocycles. The summed E-state index contributed by atoms with van der Waals surface area (Å²) in [5.74, 6) is -0.0756.